The van der Waals surface area contributed by atoms with Crippen LogP contribution in [0.25, 0.3) is 5.57 Å². The first-order valence-corrected chi connectivity index (χ1v) is 11.6. The second-order valence-electron chi connectivity index (χ2n) is 9.19. The van der Waals surface area contributed by atoms with Gasteiger partial charge in [-0.25, -0.2) is 0 Å². The van der Waals surface area contributed by atoms with E-state index in [1.165, 1.54) is 6.92 Å². The number of hydrogen-bond donors (Lipinski definition) is 0. The number of esters is 1. The Hall–Kier alpha value is -1.40. The molecule has 3 atom stereocenters. The first-order chi connectivity index (χ1) is 13.3. The normalized spacial score (nSPS) is 22.8. The molecule has 1 amide bonds. The van der Waals surface area contributed by atoms with Crippen molar-refractivity contribution >= 4 is 41.0 Å². The zero-order chi connectivity index (χ0) is 22.0. The van der Waals surface area contributed by atoms with E-state index in [9.17, 15) is 9.59 Å². The molecule has 0 spiro atoms. The predicted molar refractivity (Wildman–Crippen MR) is 125 cm³/mol. The van der Waals surface area contributed by atoms with Crippen LogP contribution >= 0.6 is 23.5 Å². The lowest BCUT2D eigenvalue weighted by atomic mass is 9.97. The summed E-state index contributed by atoms with van der Waals surface area (Å²) in [7, 11) is 0. The van der Waals surface area contributed by atoms with Gasteiger partial charge in [0.25, 0.3) is 0 Å². The summed E-state index contributed by atoms with van der Waals surface area (Å²) in [5.74, 6) is -0.476. The van der Waals surface area contributed by atoms with Crippen molar-refractivity contribution in [2.75, 3.05) is 0 Å². The van der Waals surface area contributed by atoms with Gasteiger partial charge >= 0.3 is 5.97 Å². The standard InChI is InChI=1S/C23H33NO3S2/c1-15(25)24-19(28-22(3,4)5)14-18(17-12-10-9-11-13-17)20(29-23(6,7)8)21(24)27-16(2)26/h9-14,19-21H,1-8H3. The second-order valence-corrected chi connectivity index (χ2v) is 13.1. The summed E-state index contributed by atoms with van der Waals surface area (Å²) in [4.78, 5) is 26.5. The van der Waals surface area contributed by atoms with E-state index in [-0.39, 0.29) is 32.0 Å². The molecule has 1 aliphatic rings. The molecular formula is C23H33NO3S2. The highest BCUT2D eigenvalue weighted by atomic mass is 32.2. The van der Waals surface area contributed by atoms with Gasteiger partial charge in [0.2, 0.25) is 5.91 Å². The van der Waals surface area contributed by atoms with E-state index < -0.39 is 6.23 Å². The largest absolute Gasteiger partial charge is 0.440 e. The molecule has 1 aromatic carbocycles. The van der Waals surface area contributed by atoms with Crippen LogP contribution in [-0.2, 0) is 14.3 Å². The van der Waals surface area contributed by atoms with Crippen LogP contribution in [0.3, 0.4) is 0 Å². The van der Waals surface area contributed by atoms with Gasteiger partial charge in [-0.15, -0.1) is 23.5 Å². The number of benzene rings is 1. The van der Waals surface area contributed by atoms with E-state index in [1.54, 1.807) is 35.3 Å². The molecule has 4 nitrogen and oxygen atoms in total. The minimum Gasteiger partial charge on any atom is -0.440 e. The van der Waals surface area contributed by atoms with Gasteiger partial charge in [-0.2, -0.15) is 0 Å². The lowest BCUT2D eigenvalue weighted by molar-refractivity contribution is -0.161. The number of ether oxygens (including phenoxy) is 1. The van der Waals surface area contributed by atoms with Crippen molar-refractivity contribution in [2.24, 2.45) is 0 Å². The number of carbonyl (C=O) groups excluding carboxylic acids is 2. The Labute approximate surface area is 183 Å². The maximum absolute atomic E-state index is 12.7. The zero-order valence-corrected chi connectivity index (χ0v) is 20.3. The Morgan fingerprint density at radius 1 is 0.931 bits per heavy atom. The van der Waals surface area contributed by atoms with E-state index in [2.05, 4.69) is 59.8 Å². The number of rotatable bonds is 4. The van der Waals surface area contributed by atoms with E-state index >= 15 is 0 Å². The van der Waals surface area contributed by atoms with E-state index in [0.717, 1.165) is 11.1 Å². The molecule has 3 unspecified atom stereocenters. The fourth-order valence-electron chi connectivity index (χ4n) is 3.27. The number of nitrogens with zero attached hydrogens (tertiary/aromatic N) is 1. The third-order valence-electron chi connectivity index (χ3n) is 4.15. The first-order valence-electron chi connectivity index (χ1n) is 9.87. The Bertz CT molecular complexity index is 763. The van der Waals surface area contributed by atoms with Crippen LogP contribution in [0.5, 0.6) is 0 Å². The highest BCUT2D eigenvalue weighted by molar-refractivity contribution is 8.02. The first kappa shape index (κ1) is 23.9. The molecule has 0 aromatic heterocycles. The Balaban J connectivity index is 2.67. The summed E-state index contributed by atoms with van der Waals surface area (Å²) < 4.78 is 5.66. The van der Waals surface area contributed by atoms with E-state index in [1.807, 2.05) is 18.2 Å². The van der Waals surface area contributed by atoms with E-state index in [0.29, 0.717) is 0 Å². The predicted octanol–water partition coefficient (Wildman–Crippen LogP) is 5.58. The molecule has 1 heterocycles. The molecule has 0 radical (unpaired) electrons. The van der Waals surface area contributed by atoms with Crippen LogP contribution in [0.2, 0.25) is 0 Å². The van der Waals surface area contributed by atoms with Gasteiger partial charge < -0.3 is 4.74 Å². The molecule has 0 saturated heterocycles. The number of carbonyl (C=O) groups is 2. The molecule has 0 fully saturated rings. The quantitative estimate of drug-likeness (QED) is 0.578. The van der Waals surface area contributed by atoms with Crippen LogP contribution in [-0.4, -0.2) is 43.1 Å². The van der Waals surface area contributed by atoms with Gasteiger partial charge in [0, 0.05) is 23.3 Å². The molecule has 6 heteroatoms. The summed E-state index contributed by atoms with van der Waals surface area (Å²) in [5.41, 5.74) is 2.20. The average molecular weight is 436 g/mol. The molecule has 1 aliphatic heterocycles. The lowest BCUT2D eigenvalue weighted by Crippen LogP contribution is -2.55. The summed E-state index contributed by atoms with van der Waals surface area (Å²) in [6, 6.07) is 10.2. The Morgan fingerprint density at radius 3 is 1.93 bits per heavy atom. The Morgan fingerprint density at radius 2 is 1.48 bits per heavy atom. The summed E-state index contributed by atoms with van der Waals surface area (Å²) in [6.45, 7) is 15.8. The average Bonchev–Trinajstić information content (AvgIpc) is 2.54. The van der Waals surface area contributed by atoms with Crippen molar-refractivity contribution < 1.29 is 14.3 Å². The summed E-state index contributed by atoms with van der Waals surface area (Å²) in [5, 5.41) is -0.397. The number of amides is 1. The van der Waals surface area contributed by atoms with Crippen LogP contribution in [0.15, 0.2) is 36.4 Å². The van der Waals surface area contributed by atoms with Crippen LogP contribution < -0.4 is 0 Å². The third-order valence-corrected chi connectivity index (χ3v) is 6.91. The summed E-state index contributed by atoms with van der Waals surface area (Å²) >= 11 is 3.41. The molecule has 29 heavy (non-hydrogen) atoms. The van der Waals surface area contributed by atoms with Crippen LogP contribution in [0.4, 0.5) is 0 Å². The molecule has 0 N–H and O–H groups in total. The molecule has 0 bridgehead atoms. The Kier molecular flexibility index (Phi) is 7.55. The maximum Gasteiger partial charge on any atom is 0.304 e. The maximum atomic E-state index is 12.7. The topological polar surface area (TPSA) is 46.6 Å². The van der Waals surface area contributed by atoms with Gasteiger partial charge in [0.15, 0.2) is 6.23 Å². The molecule has 0 saturated carbocycles. The fraction of sp³-hybridized carbons (Fsp3) is 0.565. The highest BCUT2D eigenvalue weighted by Crippen LogP contribution is 2.46. The fourth-order valence-corrected chi connectivity index (χ4v) is 5.99. The monoisotopic (exact) mass is 435 g/mol. The van der Waals surface area contributed by atoms with Crippen LogP contribution in [0, 0.1) is 0 Å². The third kappa shape index (κ3) is 6.82. The lowest BCUT2D eigenvalue weighted by Gasteiger charge is -2.46. The molecule has 2 rings (SSSR count). The highest BCUT2D eigenvalue weighted by Gasteiger charge is 2.45. The van der Waals surface area contributed by atoms with Crippen molar-refractivity contribution in [3.63, 3.8) is 0 Å². The molecule has 0 aliphatic carbocycles. The smallest absolute Gasteiger partial charge is 0.304 e. The van der Waals surface area contributed by atoms with E-state index in [4.69, 9.17) is 4.74 Å². The van der Waals surface area contributed by atoms with Crippen molar-refractivity contribution in [1.82, 2.24) is 4.90 Å². The van der Waals surface area contributed by atoms with Gasteiger partial charge in [-0.1, -0.05) is 71.9 Å². The van der Waals surface area contributed by atoms with Gasteiger partial charge in [0.05, 0.1) is 5.25 Å². The minimum absolute atomic E-state index is 0.0680. The summed E-state index contributed by atoms with van der Waals surface area (Å²) in [6.07, 6.45) is 1.52. The molecule has 1 aromatic rings. The SMILES string of the molecule is CC(=O)OC1C(SC(C)(C)C)C(c2ccccc2)=CC(SC(C)(C)C)N1C(C)=O. The zero-order valence-electron chi connectivity index (χ0n) is 18.7. The van der Waals surface area contributed by atoms with Crippen molar-refractivity contribution in [2.45, 2.75) is 81.7 Å². The van der Waals surface area contributed by atoms with Gasteiger partial charge in [-0.05, 0) is 17.2 Å². The van der Waals surface area contributed by atoms with Crippen LogP contribution in [0.1, 0.15) is 61.0 Å². The van der Waals surface area contributed by atoms with Gasteiger partial charge in [0.1, 0.15) is 5.37 Å². The van der Waals surface area contributed by atoms with Crippen molar-refractivity contribution in [3.8, 4) is 0 Å². The minimum atomic E-state index is -0.658. The number of hydrogen-bond acceptors (Lipinski definition) is 5. The van der Waals surface area contributed by atoms with Crippen molar-refractivity contribution in [3.05, 3.63) is 42.0 Å². The molecule has 160 valence electrons. The molecular weight excluding hydrogens is 402 g/mol. The number of thioether (sulfide) groups is 2. The second kappa shape index (κ2) is 9.17. The van der Waals surface area contributed by atoms with Crippen molar-refractivity contribution in [1.29, 1.82) is 0 Å². The van der Waals surface area contributed by atoms with Gasteiger partial charge in [-0.3, -0.25) is 14.5 Å².